The number of nitrogens with one attached hydrogen (secondary N) is 2. The first-order valence-corrected chi connectivity index (χ1v) is 10.4. The van der Waals surface area contributed by atoms with E-state index in [2.05, 4.69) is 30.3 Å². The van der Waals surface area contributed by atoms with Gasteiger partial charge in [-0.05, 0) is 17.7 Å². The van der Waals surface area contributed by atoms with Crippen LogP contribution in [0.5, 0.6) is 11.5 Å². The lowest BCUT2D eigenvalue weighted by molar-refractivity contribution is -1.02. The van der Waals surface area contributed by atoms with E-state index in [-0.39, 0.29) is 0 Å². The molecule has 0 radical (unpaired) electrons. The molecule has 0 bridgehead atoms. The maximum absolute atomic E-state index is 10.4. The van der Waals surface area contributed by atoms with Crippen LogP contribution < -0.4 is 19.3 Å². The molecule has 1 saturated heterocycles. The van der Waals surface area contributed by atoms with Crippen molar-refractivity contribution in [2.24, 2.45) is 0 Å². The van der Waals surface area contributed by atoms with Gasteiger partial charge in [-0.3, -0.25) is 0 Å². The summed E-state index contributed by atoms with van der Waals surface area (Å²) in [5.74, 6) is 1.39. The highest BCUT2D eigenvalue weighted by Crippen LogP contribution is 2.27. The Hall–Kier alpha value is -2.12. The van der Waals surface area contributed by atoms with Gasteiger partial charge in [0.1, 0.15) is 45.4 Å². The lowest BCUT2D eigenvalue weighted by atomic mass is 10.2. The minimum absolute atomic E-state index is 0.346. The Morgan fingerprint density at radius 2 is 1.55 bits per heavy atom. The molecular weight excluding hydrogens is 368 g/mol. The van der Waals surface area contributed by atoms with E-state index in [1.807, 2.05) is 18.2 Å². The van der Waals surface area contributed by atoms with Crippen LogP contribution in [0.4, 0.5) is 0 Å². The van der Waals surface area contributed by atoms with Crippen molar-refractivity contribution in [3.05, 3.63) is 59.7 Å². The molecule has 1 aliphatic heterocycles. The smallest absolute Gasteiger partial charge is 0.161 e. The van der Waals surface area contributed by atoms with Crippen molar-refractivity contribution in [3.8, 4) is 11.5 Å². The third kappa shape index (κ3) is 6.72. The maximum atomic E-state index is 10.4. The Labute approximate surface area is 173 Å². The van der Waals surface area contributed by atoms with Crippen molar-refractivity contribution in [2.75, 3.05) is 53.6 Å². The van der Waals surface area contributed by atoms with E-state index in [0.717, 1.165) is 44.8 Å². The summed E-state index contributed by atoms with van der Waals surface area (Å²) in [6.07, 6.45) is -0.444. The van der Waals surface area contributed by atoms with Crippen LogP contribution in [-0.2, 0) is 17.9 Å². The molecule has 6 nitrogen and oxygen atoms in total. The van der Waals surface area contributed by atoms with Crippen LogP contribution >= 0.6 is 0 Å². The zero-order valence-electron chi connectivity index (χ0n) is 17.5. The monoisotopic (exact) mass is 402 g/mol. The third-order valence-electron chi connectivity index (χ3n) is 5.51. The number of rotatable bonds is 10. The van der Waals surface area contributed by atoms with Gasteiger partial charge in [0.15, 0.2) is 11.5 Å². The molecule has 0 amide bonds. The molecule has 1 heterocycles. The van der Waals surface area contributed by atoms with E-state index in [9.17, 15) is 5.11 Å². The summed E-state index contributed by atoms with van der Waals surface area (Å²) >= 11 is 0. The van der Waals surface area contributed by atoms with E-state index in [0.29, 0.717) is 24.7 Å². The summed E-state index contributed by atoms with van der Waals surface area (Å²) in [7, 11) is 3.24. The van der Waals surface area contributed by atoms with E-state index in [1.165, 1.54) is 10.5 Å². The van der Waals surface area contributed by atoms with Gasteiger partial charge in [-0.15, -0.1) is 0 Å². The molecule has 2 aromatic rings. The molecule has 6 heteroatoms. The fourth-order valence-corrected chi connectivity index (χ4v) is 3.90. The van der Waals surface area contributed by atoms with E-state index < -0.39 is 6.10 Å². The van der Waals surface area contributed by atoms with Crippen LogP contribution in [0.1, 0.15) is 11.1 Å². The lowest BCUT2D eigenvalue weighted by Crippen LogP contribution is -3.28. The summed E-state index contributed by atoms with van der Waals surface area (Å²) in [6, 6.07) is 16.4. The molecule has 3 N–H and O–H groups in total. The number of aliphatic hydroxyl groups excluding tert-OH is 1. The van der Waals surface area contributed by atoms with Crippen molar-refractivity contribution in [2.45, 2.75) is 19.3 Å². The number of methoxy groups -OCH3 is 2. The average Bonchev–Trinajstić information content (AvgIpc) is 2.75. The summed E-state index contributed by atoms with van der Waals surface area (Å²) < 4.78 is 16.3. The largest absolute Gasteiger partial charge is 0.493 e. The average molecular weight is 403 g/mol. The molecule has 1 atom stereocenters. The molecule has 3 rings (SSSR count). The minimum Gasteiger partial charge on any atom is -0.493 e. The van der Waals surface area contributed by atoms with Gasteiger partial charge >= 0.3 is 0 Å². The van der Waals surface area contributed by atoms with Gasteiger partial charge < -0.3 is 29.1 Å². The Kier molecular flexibility index (Phi) is 8.31. The quantitative estimate of drug-likeness (QED) is 0.505. The summed E-state index contributed by atoms with van der Waals surface area (Å²) in [6.45, 7) is 7.09. The molecule has 29 heavy (non-hydrogen) atoms. The minimum atomic E-state index is -0.444. The summed E-state index contributed by atoms with van der Waals surface area (Å²) in [5.41, 5.74) is 2.40. The number of hydrogen-bond acceptors (Lipinski definition) is 4. The van der Waals surface area contributed by atoms with E-state index >= 15 is 0 Å². The Balaban J connectivity index is 1.34. The normalized spacial score (nSPS) is 20.2. The van der Waals surface area contributed by atoms with Gasteiger partial charge in [-0.2, -0.15) is 0 Å². The molecule has 1 fully saturated rings. The molecular formula is C23H34N2O4+2. The molecule has 1 aliphatic rings. The van der Waals surface area contributed by atoms with Gasteiger partial charge in [0, 0.05) is 5.56 Å². The number of ether oxygens (including phenoxy) is 3. The first-order chi connectivity index (χ1) is 14.2. The fourth-order valence-electron chi connectivity index (χ4n) is 3.90. The van der Waals surface area contributed by atoms with Gasteiger partial charge in [0.2, 0.25) is 0 Å². The number of aliphatic hydroxyl groups is 1. The second-order valence-corrected chi connectivity index (χ2v) is 7.72. The highest BCUT2D eigenvalue weighted by molar-refractivity contribution is 5.42. The fraction of sp³-hybridized carbons (Fsp3) is 0.478. The number of benzene rings is 2. The molecule has 0 aliphatic carbocycles. The Bertz CT molecular complexity index is 733. The van der Waals surface area contributed by atoms with Gasteiger partial charge in [0.05, 0.1) is 27.4 Å². The maximum Gasteiger partial charge on any atom is 0.161 e. The zero-order chi connectivity index (χ0) is 20.5. The predicted octanol–water partition coefficient (Wildman–Crippen LogP) is -0.435. The van der Waals surface area contributed by atoms with E-state index in [4.69, 9.17) is 14.2 Å². The van der Waals surface area contributed by atoms with Crippen molar-refractivity contribution >= 4 is 0 Å². The van der Waals surface area contributed by atoms with Crippen LogP contribution in [0.3, 0.4) is 0 Å². The van der Waals surface area contributed by atoms with Crippen molar-refractivity contribution < 1.29 is 29.1 Å². The van der Waals surface area contributed by atoms with Gasteiger partial charge in [-0.1, -0.05) is 36.4 Å². The van der Waals surface area contributed by atoms with Crippen LogP contribution in [0, 0.1) is 0 Å². The molecule has 0 aromatic heterocycles. The van der Waals surface area contributed by atoms with Gasteiger partial charge in [-0.25, -0.2) is 0 Å². The van der Waals surface area contributed by atoms with Gasteiger partial charge in [0.25, 0.3) is 0 Å². The van der Waals surface area contributed by atoms with Crippen LogP contribution in [0.2, 0.25) is 0 Å². The van der Waals surface area contributed by atoms with Crippen molar-refractivity contribution in [3.63, 3.8) is 0 Å². The zero-order valence-corrected chi connectivity index (χ0v) is 17.5. The SMILES string of the molecule is COc1ccc(COC[C@@H](O)C[NH+]2CC[NH+](Cc3ccccc3)CC2)cc1OC. The van der Waals surface area contributed by atoms with Crippen LogP contribution in [0.15, 0.2) is 48.5 Å². The number of piperazine rings is 1. The first-order valence-electron chi connectivity index (χ1n) is 10.4. The second kappa shape index (κ2) is 11.2. The molecule has 0 spiro atoms. The third-order valence-corrected chi connectivity index (χ3v) is 5.51. The van der Waals surface area contributed by atoms with Crippen molar-refractivity contribution in [1.82, 2.24) is 0 Å². The number of hydrogen-bond donors (Lipinski definition) is 3. The van der Waals surface area contributed by atoms with Crippen LogP contribution in [0.25, 0.3) is 0 Å². The topological polar surface area (TPSA) is 56.8 Å². The molecule has 158 valence electrons. The molecule has 2 aromatic carbocycles. The predicted molar refractivity (Wildman–Crippen MR) is 112 cm³/mol. The number of quaternary nitrogens is 2. The highest BCUT2D eigenvalue weighted by atomic mass is 16.5. The Morgan fingerprint density at radius 1 is 0.862 bits per heavy atom. The summed E-state index contributed by atoms with van der Waals surface area (Å²) in [4.78, 5) is 3.09. The van der Waals surface area contributed by atoms with E-state index in [1.54, 1.807) is 19.1 Å². The molecule has 0 unspecified atom stereocenters. The standard InChI is InChI=1S/C23H32N2O4/c1-27-22-9-8-20(14-23(22)28-2)17-29-18-21(26)16-25-12-10-24(11-13-25)15-19-6-4-3-5-7-19/h3-9,14,21,26H,10-13,15-18H2,1-2H3/p+2/t21-/m0/s1. The molecule has 0 saturated carbocycles. The first kappa shape index (κ1) is 21.6. The lowest BCUT2D eigenvalue weighted by Gasteiger charge is -2.30. The van der Waals surface area contributed by atoms with Crippen LogP contribution in [-0.4, -0.2) is 64.8 Å². The Morgan fingerprint density at radius 3 is 2.24 bits per heavy atom. The van der Waals surface area contributed by atoms with Crippen molar-refractivity contribution in [1.29, 1.82) is 0 Å². The summed E-state index contributed by atoms with van der Waals surface area (Å²) in [5, 5.41) is 10.4. The highest BCUT2D eigenvalue weighted by Gasteiger charge is 2.25. The second-order valence-electron chi connectivity index (χ2n) is 7.72.